The molecule has 2 aromatic rings. The number of aromatic nitrogens is 2. The highest BCUT2D eigenvalue weighted by Gasteiger charge is 2.20. The van der Waals surface area contributed by atoms with Gasteiger partial charge >= 0.3 is 5.97 Å². The van der Waals surface area contributed by atoms with E-state index in [0.717, 1.165) is 24.5 Å². The fourth-order valence-electron chi connectivity index (χ4n) is 2.77. The first-order valence-corrected chi connectivity index (χ1v) is 8.52. The normalized spacial score (nSPS) is 14.0. The fourth-order valence-corrected chi connectivity index (χ4v) is 3.07. The zero-order chi connectivity index (χ0) is 18.5. The molecule has 0 amide bonds. The second-order valence-corrected chi connectivity index (χ2v) is 5.92. The molecule has 0 atom stereocenters. The highest BCUT2D eigenvalue weighted by Crippen LogP contribution is 2.39. The van der Waals surface area contributed by atoms with Crippen LogP contribution in [0.4, 0.5) is 22.9 Å². The number of morpholine rings is 1. The number of methoxy groups -OCH3 is 1. The average Bonchev–Trinajstić information content (AvgIpc) is 2.69. The van der Waals surface area contributed by atoms with Crippen LogP contribution in [0.3, 0.4) is 0 Å². The second-order valence-electron chi connectivity index (χ2n) is 5.54. The van der Waals surface area contributed by atoms with Gasteiger partial charge in [0.2, 0.25) is 0 Å². The van der Waals surface area contributed by atoms with Crippen LogP contribution in [0.15, 0.2) is 24.5 Å². The smallest absolute Gasteiger partial charge is 0.360 e. The lowest BCUT2D eigenvalue weighted by Crippen LogP contribution is -2.36. The maximum absolute atomic E-state index is 11.9. The van der Waals surface area contributed by atoms with Crippen LogP contribution in [-0.2, 0) is 9.47 Å². The molecule has 2 N–H and O–H groups in total. The summed E-state index contributed by atoms with van der Waals surface area (Å²) >= 11 is 6.60. The van der Waals surface area contributed by atoms with Gasteiger partial charge in [-0.1, -0.05) is 11.6 Å². The van der Waals surface area contributed by atoms with Crippen molar-refractivity contribution in [1.29, 1.82) is 0 Å². The second kappa shape index (κ2) is 8.20. The van der Waals surface area contributed by atoms with Gasteiger partial charge in [0.1, 0.15) is 0 Å². The van der Waals surface area contributed by atoms with Gasteiger partial charge in [0.25, 0.3) is 0 Å². The molecule has 1 aliphatic heterocycles. The summed E-state index contributed by atoms with van der Waals surface area (Å²) in [5.74, 6) is -0.294. The molecule has 138 valence electrons. The number of hydrogen-bond acceptors (Lipinski definition) is 8. The molecule has 0 aliphatic carbocycles. The van der Waals surface area contributed by atoms with Crippen molar-refractivity contribution in [2.75, 3.05) is 56.0 Å². The van der Waals surface area contributed by atoms with Crippen molar-refractivity contribution in [3.05, 3.63) is 35.2 Å². The van der Waals surface area contributed by atoms with Crippen molar-refractivity contribution < 1.29 is 14.3 Å². The molecule has 1 fully saturated rings. The molecule has 0 unspecified atom stereocenters. The summed E-state index contributed by atoms with van der Waals surface area (Å²) < 4.78 is 10.2. The van der Waals surface area contributed by atoms with Crippen LogP contribution in [-0.4, -0.2) is 56.4 Å². The summed E-state index contributed by atoms with van der Waals surface area (Å²) in [6.45, 7) is 2.97. The minimum Gasteiger partial charge on any atom is -0.464 e. The predicted octanol–water partition coefficient (Wildman–Crippen LogP) is 2.54. The lowest BCUT2D eigenvalue weighted by molar-refractivity contribution is 0.0595. The average molecular weight is 378 g/mol. The molecular weight excluding hydrogens is 358 g/mol. The molecule has 0 saturated carbocycles. The summed E-state index contributed by atoms with van der Waals surface area (Å²) in [6.07, 6.45) is 2.92. The molecule has 1 aliphatic rings. The van der Waals surface area contributed by atoms with E-state index >= 15 is 0 Å². The molecule has 9 heteroatoms. The lowest BCUT2D eigenvalue weighted by Gasteiger charge is -2.31. The summed E-state index contributed by atoms with van der Waals surface area (Å²) in [6, 6.07) is 3.82. The molecule has 26 heavy (non-hydrogen) atoms. The van der Waals surface area contributed by atoms with Crippen molar-refractivity contribution in [3.8, 4) is 0 Å². The maximum atomic E-state index is 11.9. The highest BCUT2D eigenvalue weighted by atomic mass is 35.5. The number of carbonyl (C=O) groups is 1. The number of hydrogen-bond donors (Lipinski definition) is 2. The SMILES string of the molecule is CNc1c(N2CCOCC2)ccc(Nc2nccnc2C(=O)OC)c1Cl. The molecule has 0 radical (unpaired) electrons. The Morgan fingerprint density at radius 2 is 2.00 bits per heavy atom. The Kier molecular flexibility index (Phi) is 5.75. The molecule has 1 saturated heterocycles. The number of benzene rings is 1. The van der Waals surface area contributed by atoms with E-state index < -0.39 is 5.97 Å². The number of anilines is 4. The van der Waals surface area contributed by atoms with E-state index in [4.69, 9.17) is 21.1 Å². The zero-order valence-corrected chi connectivity index (χ0v) is 15.3. The molecule has 1 aromatic carbocycles. The number of halogens is 1. The predicted molar refractivity (Wildman–Crippen MR) is 101 cm³/mol. The molecule has 0 spiro atoms. The van der Waals surface area contributed by atoms with E-state index in [2.05, 4.69) is 25.5 Å². The number of nitrogens with one attached hydrogen (secondary N) is 2. The van der Waals surface area contributed by atoms with Gasteiger partial charge in [0.05, 0.1) is 42.4 Å². The third kappa shape index (κ3) is 3.66. The van der Waals surface area contributed by atoms with Crippen LogP contribution >= 0.6 is 11.6 Å². The van der Waals surface area contributed by atoms with Crippen molar-refractivity contribution in [2.24, 2.45) is 0 Å². The highest BCUT2D eigenvalue weighted by molar-refractivity contribution is 6.36. The van der Waals surface area contributed by atoms with Crippen molar-refractivity contribution in [1.82, 2.24) is 9.97 Å². The van der Waals surface area contributed by atoms with Gasteiger partial charge < -0.3 is 25.0 Å². The number of nitrogens with zero attached hydrogens (tertiary/aromatic N) is 3. The molecular formula is C17H20ClN5O3. The van der Waals surface area contributed by atoms with E-state index in [-0.39, 0.29) is 11.5 Å². The van der Waals surface area contributed by atoms with Crippen molar-refractivity contribution in [3.63, 3.8) is 0 Å². The Morgan fingerprint density at radius 1 is 1.27 bits per heavy atom. The van der Waals surface area contributed by atoms with Gasteiger partial charge in [-0.2, -0.15) is 0 Å². The number of carbonyl (C=O) groups excluding carboxylic acids is 1. The van der Waals surface area contributed by atoms with Gasteiger partial charge in [0.15, 0.2) is 11.5 Å². The third-order valence-electron chi connectivity index (χ3n) is 4.05. The first kappa shape index (κ1) is 18.2. The van der Waals surface area contributed by atoms with Crippen molar-refractivity contribution in [2.45, 2.75) is 0 Å². The number of ether oxygens (including phenoxy) is 2. The third-order valence-corrected chi connectivity index (χ3v) is 4.44. The Hall–Kier alpha value is -2.58. The van der Waals surface area contributed by atoms with Crippen molar-refractivity contribution >= 4 is 40.5 Å². The quantitative estimate of drug-likeness (QED) is 0.768. The monoisotopic (exact) mass is 377 g/mol. The Morgan fingerprint density at radius 3 is 2.69 bits per heavy atom. The maximum Gasteiger partial charge on any atom is 0.360 e. The summed E-state index contributed by atoms with van der Waals surface area (Å²) in [7, 11) is 3.11. The Bertz CT molecular complexity index is 796. The minimum atomic E-state index is -0.574. The number of rotatable bonds is 5. The summed E-state index contributed by atoms with van der Waals surface area (Å²) in [5, 5.41) is 6.72. The van der Waals surface area contributed by atoms with Crippen LogP contribution in [0.25, 0.3) is 0 Å². The minimum absolute atomic E-state index is 0.0920. The molecule has 3 rings (SSSR count). The first-order chi connectivity index (χ1) is 12.7. The van der Waals surface area contributed by atoms with Crippen LogP contribution < -0.4 is 15.5 Å². The number of esters is 1. The Balaban J connectivity index is 1.93. The van der Waals surface area contributed by atoms with Crippen LogP contribution in [0.2, 0.25) is 5.02 Å². The summed E-state index contributed by atoms with van der Waals surface area (Å²) in [5.41, 5.74) is 2.49. The zero-order valence-electron chi connectivity index (χ0n) is 14.6. The van der Waals surface area contributed by atoms with Crippen LogP contribution in [0.5, 0.6) is 0 Å². The topological polar surface area (TPSA) is 88.6 Å². The molecule has 8 nitrogen and oxygen atoms in total. The standard InChI is InChI=1S/C17H20ClN5O3/c1-19-14-12(23-7-9-26-10-8-23)4-3-11(13(14)18)22-16-15(17(24)25-2)20-5-6-21-16/h3-6,19H,7-10H2,1-2H3,(H,21,22). The van der Waals surface area contributed by atoms with E-state index in [1.165, 1.54) is 19.5 Å². The van der Waals surface area contributed by atoms with E-state index in [1.54, 1.807) is 0 Å². The van der Waals surface area contributed by atoms with E-state index in [9.17, 15) is 4.79 Å². The van der Waals surface area contributed by atoms with Crippen LogP contribution in [0, 0.1) is 0 Å². The lowest BCUT2D eigenvalue weighted by atomic mass is 10.2. The van der Waals surface area contributed by atoms with Gasteiger partial charge in [-0.25, -0.2) is 14.8 Å². The van der Waals surface area contributed by atoms with E-state index in [1.807, 2.05) is 19.2 Å². The van der Waals surface area contributed by atoms with Gasteiger partial charge in [-0.3, -0.25) is 0 Å². The van der Waals surface area contributed by atoms with Crippen LogP contribution in [0.1, 0.15) is 10.5 Å². The van der Waals surface area contributed by atoms with Gasteiger partial charge in [-0.15, -0.1) is 0 Å². The van der Waals surface area contributed by atoms with Gasteiger partial charge in [0, 0.05) is 32.5 Å². The fraction of sp³-hybridized carbons (Fsp3) is 0.353. The first-order valence-electron chi connectivity index (χ1n) is 8.15. The largest absolute Gasteiger partial charge is 0.464 e. The molecule has 0 bridgehead atoms. The molecule has 2 heterocycles. The molecule has 1 aromatic heterocycles. The Labute approximate surface area is 156 Å². The van der Waals surface area contributed by atoms with Gasteiger partial charge in [-0.05, 0) is 12.1 Å². The van der Waals surface area contributed by atoms with E-state index in [0.29, 0.717) is 23.9 Å². The summed E-state index contributed by atoms with van der Waals surface area (Å²) in [4.78, 5) is 22.3.